The second-order valence-corrected chi connectivity index (χ2v) is 7.78. The van der Waals surface area contributed by atoms with Crippen molar-refractivity contribution in [3.63, 3.8) is 0 Å². The van der Waals surface area contributed by atoms with Crippen molar-refractivity contribution in [3.8, 4) is 0 Å². The van der Waals surface area contributed by atoms with Crippen molar-refractivity contribution in [3.05, 3.63) is 97.4 Å². The molecule has 0 heterocycles. The van der Waals surface area contributed by atoms with Gasteiger partial charge in [0.1, 0.15) is 0 Å². The minimum absolute atomic E-state index is 0.0392. The number of anilines is 1. The number of urea groups is 1. The van der Waals surface area contributed by atoms with Crippen molar-refractivity contribution in [1.82, 2.24) is 5.32 Å². The number of carbonyl (C=O) groups excluding carboxylic acids is 2. The summed E-state index contributed by atoms with van der Waals surface area (Å²) in [6.45, 7) is 0. The molecule has 8 heteroatoms. The highest BCUT2D eigenvalue weighted by molar-refractivity contribution is 6.40. The van der Waals surface area contributed by atoms with Crippen molar-refractivity contribution in [1.29, 1.82) is 0 Å². The average molecular weight is 480 g/mol. The van der Waals surface area contributed by atoms with Crippen LogP contribution in [-0.4, -0.2) is 11.9 Å². The highest BCUT2D eigenvalue weighted by Crippen LogP contribution is 2.24. The van der Waals surface area contributed by atoms with Crippen LogP contribution < -0.4 is 10.6 Å². The van der Waals surface area contributed by atoms with Gasteiger partial charge in [0, 0.05) is 15.7 Å². The second-order valence-electron chi connectivity index (χ2n) is 6.13. The fraction of sp³-hybridized carbons (Fsp3) is 0. The molecule has 0 aromatic heterocycles. The van der Waals surface area contributed by atoms with Crippen molar-refractivity contribution in [2.75, 3.05) is 5.32 Å². The van der Waals surface area contributed by atoms with Crippen LogP contribution in [0.3, 0.4) is 0 Å². The van der Waals surface area contributed by atoms with Crippen LogP contribution in [0.4, 0.5) is 10.5 Å². The van der Waals surface area contributed by atoms with E-state index >= 15 is 0 Å². The molecule has 3 amide bonds. The standard InChI is InChI=1S/C22H14Cl4N2O2/c23-15-9-8-14(19(26)12-15)7-4-13-5-10-16(11-6-13)27-22(30)28-21(29)20-17(24)2-1-3-18(20)25/h1-12H,(H2,27,28,29,30)/b7-4+. The van der Waals surface area contributed by atoms with Gasteiger partial charge in [-0.2, -0.15) is 0 Å². The van der Waals surface area contributed by atoms with Crippen LogP contribution in [0.2, 0.25) is 20.1 Å². The van der Waals surface area contributed by atoms with Gasteiger partial charge in [-0.05, 0) is 47.5 Å². The molecule has 2 N–H and O–H groups in total. The zero-order valence-electron chi connectivity index (χ0n) is 15.3. The van der Waals surface area contributed by atoms with Crippen molar-refractivity contribution < 1.29 is 9.59 Å². The molecule has 0 aliphatic heterocycles. The second kappa shape index (κ2) is 10.0. The summed E-state index contributed by atoms with van der Waals surface area (Å²) in [5.74, 6) is -0.692. The maximum Gasteiger partial charge on any atom is 0.326 e. The van der Waals surface area contributed by atoms with Crippen molar-refractivity contribution >= 4 is 76.2 Å². The molecule has 0 aliphatic rings. The fourth-order valence-electron chi connectivity index (χ4n) is 2.54. The van der Waals surface area contributed by atoms with Gasteiger partial charge >= 0.3 is 6.03 Å². The summed E-state index contributed by atoms with van der Waals surface area (Å²) in [6, 6.07) is 16.2. The highest BCUT2D eigenvalue weighted by Gasteiger charge is 2.17. The number of nitrogens with one attached hydrogen (secondary N) is 2. The van der Waals surface area contributed by atoms with Crippen LogP contribution in [0.1, 0.15) is 21.5 Å². The third-order valence-corrected chi connectivity index (χ3v) is 5.20. The lowest BCUT2D eigenvalue weighted by atomic mass is 10.1. The first-order valence-corrected chi connectivity index (χ1v) is 10.1. The summed E-state index contributed by atoms with van der Waals surface area (Å²) < 4.78 is 0. The summed E-state index contributed by atoms with van der Waals surface area (Å²) in [7, 11) is 0. The molecular formula is C22H14Cl4N2O2. The van der Waals surface area contributed by atoms with E-state index in [0.29, 0.717) is 15.7 Å². The number of carbonyl (C=O) groups is 2. The van der Waals surface area contributed by atoms with E-state index in [2.05, 4.69) is 10.6 Å². The predicted molar refractivity (Wildman–Crippen MR) is 125 cm³/mol. The SMILES string of the molecule is O=C(NC(=O)c1c(Cl)cccc1Cl)Nc1ccc(/C=C/c2ccc(Cl)cc2Cl)cc1. The average Bonchev–Trinajstić information content (AvgIpc) is 2.68. The van der Waals surface area contributed by atoms with Gasteiger partial charge in [-0.15, -0.1) is 0 Å². The Hall–Kier alpha value is -2.50. The summed E-state index contributed by atoms with van der Waals surface area (Å²) in [5.41, 5.74) is 2.27. The molecule has 3 rings (SSSR count). The predicted octanol–water partition coefficient (Wildman–Crippen LogP) is 7.43. The van der Waals surface area contributed by atoms with Gasteiger partial charge in [0.2, 0.25) is 0 Å². The molecule has 0 unspecified atom stereocenters. The van der Waals surface area contributed by atoms with E-state index in [0.717, 1.165) is 11.1 Å². The minimum atomic E-state index is -0.702. The molecule has 30 heavy (non-hydrogen) atoms. The summed E-state index contributed by atoms with van der Waals surface area (Å²) in [6.07, 6.45) is 3.74. The summed E-state index contributed by atoms with van der Waals surface area (Å²) in [5, 5.41) is 6.22. The quantitative estimate of drug-likeness (QED) is 0.382. The molecule has 0 saturated heterocycles. The molecule has 4 nitrogen and oxygen atoms in total. The molecule has 0 radical (unpaired) electrons. The van der Waals surface area contributed by atoms with Gasteiger partial charge in [0.15, 0.2) is 0 Å². The zero-order valence-corrected chi connectivity index (χ0v) is 18.3. The first-order chi connectivity index (χ1) is 14.3. The van der Waals surface area contributed by atoms with E-state index in [1.165, 1.54) is 12.1 Å². The Balaban J connectivity index is 1.62. The van der Waals surface area contributed by atoms with Crippen LogP contribution in [0.5, 0.6) is 0 Å². The van der Waals surface area contributed by atoms with E-state index in [1.54, 1.807) is 30.3 Å². The maximum absolute atomic E-state index is 12.2. The molecule has 3 aromatic carbocycles. The molecule has 0 aliphatic carbocycles. The monoisotopic (exact) mass is 478 g/mol. The van der Waals surface area contributed by atoms with Gasteiger partial charge < -0.3 is 5.32 Å². The smallest absolute Gasteiger partial charge is 0.308 e. The molecule has 152 valence electrons. The van der Waals surface area contributed by atoms with Crippen molar-refractivity contribution in [2.24, 2.45) is 0 Å². The van der Waals surface area contributed by atoms with Crippen LogP contribution in [-0.2, 0) is 0 Å². The number of halogens is 4. The van der Waals surface area contributed by atoms with Crippen LogP contribution in [0.15, 0.2) is 60.7 Å². The largest absolute Gasteiger partial charge is 0.326 e. The van der Waals surface area contributed by atoms with Crippen LogP contribution >= 0.6 is 46.4 Å². The number of imide groups is 1. The van der Waals surface area contributed by atoms with E-state index in [1.807, 2.05) is 30.4 Å². The van der Waals surface area contributed by atoms with Gasteiger partial charge in [-0.25, -0.2) is 4.79 Å². The first-order valence-electron chi connectivity index (χ1n) is 8.63. The first kappa shape index (κ1) is 22.2. The molecule has 0 bridgehead atoms. The van der Waals surface area contributed by atoms with E-state index in [9.17, 15) is 9.59 Å². The van der Waals surface area contributed by atoms with Gasteiger partial charge in [-0.3, -0.25) is 10.1 Å². The highest BCUT2D eigenvalue weighted by atomic mass is 35.5. The molecule has 3 aromatic rings. The number of hydrogen-bond acceptors (Lipinski definition) is 2. The lowest BCUT2D eigenvalue weighted by Gasteiger charge is -2.09. The fourth-order valence-corrected chi connectivity index (χ4v) is 3.58. The Labute approximate surface area is 193 Å². The molecular weight excluding hydrogens is 466 g/mol. The zero-order chi connectivity index (χ0) is 21.7. The maximum atomic E-state index is 12.2. The Bertz CT molecular complexity index is 1110. The third-order valence-electron chi connectivity index (χ3n) is 4.00. The van der Waals surface area contributed by atoms with Gasteiger partial charge in [-0.1, -0.05) is 82.8 Å². The Morgan fingerprint density at radius 1 is 0.767 bits per heavy atom. The number of amides is 3. The summed E-state index contributed by atoms with van der Waals surface area (Å²) in [4.78, 5) is 24.4. The van der Waals surface area contributed by atoms with Crippen LogP contribution in [0, 0.1) is 0 Å². The molecule has 0 atom stereocenters. The van der Waals surface area contributed by atoms with Gasteiger partial charge in [0.25, 0.3) is 5.91 Å². The van der Waals surface area contributed by atoms with E-state index in [4.69, 9.17) is 46.4 Å². The normalized spacial score (nSPS) is 10.8. The molecule has 0 spiro atoms. The Kier molecular flexibility index (Phi) is 7.40. The lowest BCUT2D eigenvalue weighted by molar-refractivity contribution is 0.0967. The lowest BCUT2D eigenvalue weighted by Crippen LogP contribution is -2.34. The van der Waals surface area contributed by atoms with Crippen molar-refractivity contribution in [2.45, 2.75) is 0 Å². The van der Waals surface area contributed by atoms with Gasteiger partial charge in [0.05, 0.1) is 15.6 Å². The molecule has 0 saturated carbocycles. The molecule has 0 fully saturated rings. The number of benzene rings is 3. The van der Waals surface area contributed by atoms with Crippen LogP contribution in [0.25, 0.3) is 12.2 Å². The Morgan fingerprint density at radius 2 is 1.43 bits per heavy atom. The number of hydrogen-bond donors (Lipinski definition) is 2. The number of rotatable bonds is 4. The Morgan fingerprint density at radius 3 is 2.07 bits per heavy atom. The third kappa shape index (κ3) is 5.77. The minimum Gasteiger partial charge on any atom is -0.308 e. The topological polar surface area (TPSA) is 58.2 Å². The summed E-state index contributed by atoms with van der Waals surface area (Å²) >= 11 is 24.0. The van der Waals surface area contributed by atoms with E-state index < -0.39 is 11.9 Å². The van der Waals surface area contributed by atoms with E-state index in [-0.39, 0.29) is 15.6 Å².